The first-order valence-electron chi connectivity index (χ1n) is 4.26. The van der Waals surface area contributed by atoms with E-state index in [0.29, 0.717) is 0 Å². The highest BCUT2D eigenvalue weighted by Gasteiger charge is 2.37. The summed E-state index contributed by atoms with van der Waals surface area (Å²) in [5, 5.41) is 0. The topological polar surface area (TPSA) is 39.7 Å². The van der Waals surface area contributed by atoms with Crippen molar-refractivity contribution in [3.8, 4) is 0 Å². The summed E-state index contributed by atoms with van der Waals surface area (Å²) in [5.41, 5.74) is 0. The van der Waals surface area contributed by atoms with Gasteiger partial charge in [-0.15, -0.1) is 0 Å². The Morgan fingerprint density at radius 2 is 1.77 bits per heavy atom. The first kappa shape index (κ1) is 13.6. The van der Waals surface area contributed by atoms with Crippen molar-refractivity contribution in [1.29, 1.82) is 0 Å². The van der Waals surface area contributed by atoms with Gasteiger partial charge in [0.15, 0.2) is 0 Å². The highest BCUT2D eigenvalue weighted by Crippen LogP contribution is 2.00. The second-order valence-corrected chi connectivity index (χ2v) is 7.93. The van der Waals surface area contributed by atoms with Crippen LogP contribution in [0.15, 0.2) is 0 Å². The third kappa shape index (κ3) is 5.16. The molecular weight excluding hydrogens is 222 g/mol. The quantitative estimate of drug-likeness (QED) is 0.350. The highest BCUT2D eigenvalue weighted by atomic mass is 32.1. The van der Waals surface area contributed by atoms with Crippen molar-refractivity contribution in [3.63, 3.8) is 0 Å². The van der Waals surface area contributed by atoms with E-state index in [4.69, 9.17) is 13.3 Å². The Labute approximate surface area is 89.1 Å². The monoisotopic (exact) mass is 241 g/mol. The summed E-state index contributed by atoms with van der Waals surface area (Å²) in [6, 6.07) is 1.19. The standard InChI is InChI=1S/C6H19NO3SSi2/c1-8-13(9-2,10-3)7-12-6-4-5-11/h7,11H,4-6,12H2,1-3H3. The summed E-state index contributed by atoms with van der Waals surface area (Å²) >= 11 is 4.15. The number of hydrogen-bond donors (Lipinski definition) is 2. The van der Waals surface area contributed by atoms with Gasteiger partial charge in [0, 0.05) is 21.3 Å². The van der Waals surface area contributed by atoms with Crippen LogP contribution in [0, 0.1) is 0 Å². The largest absolute Gasteiger partial charge is 0.588 e. The lowest BCUT2D eigenvalue weighted by atomic mass is 10.6. The molecule has 0 spiro atoms. The second-order valence-electron chi connectivity index (χ2n) is 2.53. The Morgan fingerprint density at radius 1 is 1.23 bits per heavy atom. The molecule has 1 N–H and O–H groups in total. The van der Waals surface area contributed by atoms with Crippen molar-refractivity contribution in [2.75, 3.05) is 27.1 Å². The van der Waals surface area contributed by atoms with Crippen molar-refractivity contribution in [2.45, 2.75) is 12.5 Å². The molecule has 7 heteroatoms. The van der Waals surface area contributed by atoms with E-state index in [1.165, 1.54) is 6.04 Å². The molecule has 0 amide bonds. The van der Waals surface area contributed by atoms with Crippen LogP contribution < -0.4 is 4.65 Å². The van der Waals surface area contributed by atoms with Crippen LogP contribution in [0.3, 0.4) is 0 Å². The molecule has 0 fully saturated rings. The lowest BCUT2D eigenvalue weighted by molar-refractivity contribution is 0.119. The minimum absolute atomic E-state index is 0.349. The first-order chi connectivity index (χ1) is 6.24. The van der Waals surface area contributed by atoms with E-state index < -0.39 is 8.97 Å². The summed E-state index contributed by atoms with van der Waals surface area (Å²) in [6.45, 7) is 0. The third-order valence-electron chi connectivity index (χ3n) is 1.73. The van der Waals surface area contributed by atoms with Crippen LogP contribution >= 0.6 is 12.6 Å². The second kappa shape index (κ2) is 7.98. The predicted molar refractivity (Wildman–Crippen MR) is 61.7 cm³/mol. The minimum atomic E-state index is -2.48. The zero-order valence-corrected chi connectivity index (χ0v) is 11.8. The molecule has 4 nitrogen and oxygen atoms in total. The predicted octanol–water partition coefficient (Wildman–Crippen LogP) is -0.227. The number of rotatable bonds is 8. The molecule has 0 aliphatic carbocycles. The van der Waals surface area contributed by atoms with E-state index in [-0.39, 0.29) is 9.68 Å². The summed E-state index contributed by atoms with van der Waals surface area (Å²) in [5.74, 6) is 0.941. The zero-order chi connectivity index (χ0) is 10.2. The molecule has 0 rings (SSSR count). The van der Waals surface area contributed by atoms with Gasteiger partial charge in [-0.2, -0.15) is 12.6 Å². The maximum absolute atomic E-state index is 5.22. The normalized spacial score (nSPS) is 12.9. The molecule has 80 valence electrons. The van der Waals surface area contributed by atoms with Gasteiger partial charge in [0.05, 0.1) is 9.68 Å². The molecule has 0 aliphatic heterocycles. The maximum atomic E-state index is 5.22. The van der Waals surface area contributed by atoms with Crippen molar-refractivity contribution in [1.82, 2.24) is 4.65 Å². The van der Waals surface area contributed by atoms with Gasteiger partial charge < -0.3 is 13.3 Å². The summed E-state index contributed by atoms with van der Waals surface area (Å²) < 4.78 is 18.9. The average Bonchev–Trinajstić information content (AvgIpc) is 2.20. The van der Waals surface area contributed by atoms with Crippen molar-refractivity contribution in [2.24, 2.45) is 0 Å². The van der Waals surface area contributed by atoms with Gasteiger partial charge >= 0.3 is 8.97 Å². The third-order valence-corrected chi connectivity index (χ3v) is 7.25. The summed E-state index contributed by atoms with van der Waals surface area (Å²) in [4.78, 5) is 0. The molecule has 0 unspecified atom stereocenters. The zero-order valence-electron chi connectivity index (χ0n) is 8.50. The minimum Gasteiger partial charge on any atom is -0.365 e. The van der Waals surface area contributed by atoms with Crippen molar-refractivity contribution in [3.05, 3.63) is 0 Å². The molecule has 0 aliphatic rings. The molecule has 0 bridgehead atoms. The Morgan fingerprint density at radius 3 is 2.15 bits per heavy atom. The van der Waals surface area contributed by atoms with Gasteiger partial charge in [-0.3, -0.25) is 4.65 Å². The number of nitrogens with one attached hydrogen (secondary N) is 1. The van der Waals surface area contributed by atoms with Crippen molar-refractivity contribution >= 4 is 31.3 Å². The molecule has 0 radical (unpaired) electrons. The van der Waals surface area contributed by atoms with Crippen molar-refractivity contribution < 1.29 is 13.3 Å². The van der Waals surface area contributed by atoms with E-state index in [2.05, 4.69) is 17.3 Å². The Hall–Kier alpha value is 0.624. The molecule has 0 saturated carbocycles. The van der Waals surface area contributed by atoms with Crippen LogP contribution in [0.1, 0.15) is 6.42 Å². The average molecular weight is 241 g/mol. The molecule has 0 heterocycles. The van der Waals surface area contributed by atoms with Crippen LogP contribution in [-0.4, -0.2) is 45.7 Å². The summed E-state index contributed by atoms with van der Waals surface area (Å²) in [7, 11) is 2.00. The van der Waals surface area contributed by atoms with E-state index in [0.717, 1.165) is 12.2 Å². The van der Waals surface area contributed by atoms with Gasteiger partial charge in [0.1, 0.15) is 0 Å². The molecule has 13 heavy (non-hydrogen) atoms. The SMILES string of the molecule is CO[Si](N[SiH2]CCCS)(OC)OC. The van der Waals surface area contributed by atoms with Crippen LogP contribution in [0.5, 0.6) is 0 Å². The lowest BCUT2D eigenvalue weighted by Crippen LogP contribution is -2.58. The molecule has 0 aromatic carbocycles. The molecule has 0 aromatic rings. The molecule has 0 aromatic heterocycles. The number of hydrogen-bond acceptors (Lipinski definition) is 5. The molecule has 0 atom stereocenters. The fourth-order valence-corrected chi connectivity index (χ4v) is 6.25. The Kier molecular flexibility index (Phi) is 8.36. The van der Waals surface area contributed by atoms with E-state index in [1.807, 2.05) is 0 Å². The highest BCUT2D eigenvalue weighted by molar-refractivity contribution is 7.80. The summed E-state index contributed by atoms with van der Waals surface area (Å²) in [6.07, 6.45) is 1.14. The lowest BCUT2D eigenvalue weighted by Gasteiger charge is -2.24. The van der Waals surface area contributed by atoms with Gasteiger partial charge in [0.2, 0.25) is 0 Å². The smallest absolute Gasteiger partial charge is 0.365 e. The van der Waals surface area contributed by atoms with E-state index in [9.17, 15) is 0 Å². The van der Waals surface area contributed by atoms with Crippen LogP contribution in [0.4, 0.5) is 0 Å². The van der Waals surface area contributed by atoms with Gasteiger partial charge in [-0.25, -0.2) is 0 Å². The van der Waals surface area contributed by atoms with Crippen LogP contribution in [-0.2, 0) is 13.3 Å². The van der Waals surface area contributed by atoms with Gasteiger partial charge in [-0.05, 0) is 18.2 Å². The molecule has 0 saturated heterocycles. The van der Waals surface area contributed by atoms with E-state index >= 15 is 0 Å². The van der Waals surface area contributed by atoms with E-state index in [1.54, 1.807) is 21.3 Å². The van der Waals surface area contributed by atoms with Gasteiger partial charge in [-0.1, -0.05) is 0 Å². The maximum Gasteiger partial charge on any atom is 0.588 e. The van der Waals surface area contributed by atoms with Crippen LogP contribution in [0.2, 0.25) is 6.04 Å². The molecular formula is C6H19NO3SSi2. The number of thiol groups is 1. The van der Waals surface area contributed by atoms with Crippen LogP contribution in [0.25, 0.3) is 0 Å². The Balaban J connectivity index is 3.68. The fraction of sp³-hybridized carbons (Fsp3) is 1.00. The fourth-order valence-electron chi connectivity index (χ4n) is 0.945. The van der Waals surface area contributed by atoms with Gasteiger partial charge in [0.25, 0.3) is 0 Å². The Bertz CT molecular complexity index is 118. The first-order valence-corrected chi connectivity index (χ1v) is 8.32.